The van der Waals surface area contributed by atoms with Crippen LogP contribution in [0.3, 0.4) is 0 Å². The standard InChI is InChI=1S/C22H22ClN3O5/c1-2-8-22(14-6-4-3-5-7-14)20(28)26(21(29)25-22)13-19(27)24-16-12-18-17(11-15(16)23)30-9-10-31-18/h3-7,11-12H,2,8-10,13H2,1H3,(H,24,27)(H,25,29). The number of fused-ring (bicyclic) bond motifs is 1. The fraction of sp³-hybridized carbons (Fsp3) is 0.318. The number of ether oxygens (including phenoxy) is 2. The Morgan fingerprint density at radius 2 is 1.84 bits per heavy atom. The number of carbonyl (C=O) groups excluding carboxylic acids is 3. The zero-order valence-corrected chi connectivity index (χ0v) is 17.7. The van der Waals surface area contributed by atoms with Gasteiger partial charge in [0, 0.05) is 12.1 Å². The number of nitrogens with one attached hydrogen (secondary N) is 2. The first-order valence-corrected chi connectivity index (χ1v) is 10.4. The van der Waals surface area contributed by atoms with Crippen molar-refractivity contribution in [3.8, 4) is 11.5 Å². The van der Waals surface area contributed by atoms with E-state index in [1.165, 1.54) is 0 Å². The summed E-state index contributed by atoms with van der Waals surface area (Å²) >= 11 is 6.24. The first kappa shape index (κ1) is 21.0. The molecule has 1 fully saturated rings. The van der Waals surface area contributed by atoms with E-state index in [2.05, 4.69) is 10.6 Å². The Bertz CT molecular complexity index is 1030. The van der Waals surface area contributed by atoms with Crippen LogP contribution in [0.25, 0.3) is 0 Å². The molecule has 4 rings (SSSR count). The van der Waals surface area contributed by atoms with Crippen LogP contribution in [0, 0.1) is 0 Å². The van der Waals surface area contributed by atoms with Crippen molar-refractivity contribution in [1.29, 1.82) is 0 Å². The van der Waals surface area contributed by atoms with Crippen LogP contribution >= 0.6 is 11.6 Å². The first-order valence-electron chi connectivity index (χ1n) is 10.0. The van der Waals surface area contributed by atoms with Crippen LogP contribution in [-0.4, -0.2) is 42.5 Å². The van der Waals surface area contributed by atoms with Crippen molar-refractivity contribution < 1.29 is 23.9 Å². The number of imide groups is 1. The van der Waals surface area contributed by atoms with Crippen molar-refractivity contribution in [3.05, 3.63) is 53.1 Å². The number of benzene rings is 2. The number of anilines is 1. The number of rotatable bonds is 6. The molecule has 31 heavy (non-hydrogen) atoms. The molecule has 162 valence electrons. The molecule has 9 heteroatoms. The topological polar surface area (TPSA) is 97.0 Å². The number of hydrogen-bond acceptors (Lipinski definition) is 5. The van der Waals surface area contributed by atoms with Gasteiger partial charge in [0.15, 0.2) is 11.5 Å². The fourth-order valence-corrected chi connectivity index (χ4v) is 4.07. The van der Waals surface area contributed by atoms with Crippen LogP contribution in [0.4, 0.5) is 10.5 Å². The smallest absolute Gasteiger partial charge is 0.325 e. The zero-order valence-electron chi connectivity index (χ0n) is 16.9. The monoisotopic (exact) mass is 443 g/mol. The molecule has 1 atom stereocenters. The lowest BCUT2D eigenvalue weighted by molar-refractivity contribution is -0.134. The second-order valence-corrected chi connectivity index (χ2v) is 7.77. The largest absolute Gasteiger partial charge is 0.486 e. The fourth-order valence-electron chi connectivity index (χ4n) is 3.87. The van der Waals surface area contributed by atoms with Gasteiger partial charge >= 0.3 is 6.03 Å². The van der Waals surface area contributed by atoms with Crippen molar-refractivity contribution in [2.24, 2.45) is 0 Å². The molecule has 2 aliphatic heterocycles. The van der Waals surface area contributed by atoms with Gasteiger partial charge in [0.1, 0.15) is 25.3 Å². The van der Waals surface area contributed by atoms with Crippen LogP contribution < -0.4 is 20.1 Å². The van der Waals surface area contributed by atoms with Crippen LogP contribution in [0.2, 0.25) is 5.02 Å². The summed E-state index contributed by atoms with van der Waals surface area (Å²) in [6, 6.07) is 11.6. The average Bonchev–Trinajstić information content (AvgIpc) is 3.00. The van der Waals surface area contributed by atoms with E-state index >= 15 is 0 Å². The molecule has 0 aliphatic carbocycles. The summed E-state index contributed by atoms with van der Waals surface area (Å²) in [5.41, 5.74) is -0.180. The normalized spacial score (nSPS) is 19.9. The minimum Gasteiger partial charge on any atom is -0.486 e. The Hall–Kier alpha value is -3.26. The quantitative estimate of drug-likeness (QED) is 0.668. The maximum Gasteiger partial charge on any atom is 0.325 e. The molecule has 0 saturated carbocycles. The number of hydrogen-bond donors (Lipinski definition) is 2. The van der Waals surface area contributed by atoms with E-state index in [4.69, 9.17) is 21.1 Å². The molecule has 0 aromatic heterocycles. The number of nitrogens with zero attached hydrogens (tertiary/aromatic N) is 1. The van der Waals surface area contributed by atoms with Gasteiger partial charge in [-0.3, -0.25) is 14.5 Å². The predicted molar refractivity (Wildman–Crippen MR) is 114 cm³/mol. The average molecular weight is 444 g/mol. The number of halogens is 1. The van der Waals surface area contributed by atoms with Crippen molar-refractivity contribution in [2.45, 2.75) is 25.3 Å². The molecule has 1 saturated heterocycles. The third kappa shape index (κ3) is 3.90. The zero-order chi connectivity index (χ0) is 22.0. The SMILES string of the molecule is CCCC1(c2ccccc2)NC(=O)N(CC(=O)Nc2cc3c(cc2Cl)OCCO3)C1=O. The molecular formula is C22H22ClN3O5. The van der Waals surface area contributed by atoms with E-state index in [0.29, 0.717) is 48.8 Å². The summed E-state index contributed by atoms with van der Waals surface area (Å²) in [4.78, 5) is 39.5. The van der Waals surface area contributed by atoms with Crippen molar-refractivity contribution >= 4 is 35.1 Å². The molecule has 2 aromatic rings. The van der Waals surface area contributed by atoms with Crippen LogP contribution in [0.1, 0.15) is 25.3 Å². The maximum absolute atomic E-state index is 13.3. The van der Waals surface area contributed by atoms with E-state index < -0.39 is 29.9 Å². The Balaban J connectivity index is 1.52. The highest BCUT2D eigenvalue weighted by Crippen LogP contribution is 2.38. The van der Waals surface area contributed by atoms with Gasteiger partial charge in [-0.05, 0) is 12.0 Å². The van der Waals surface area contributed by atoms with E-state index in [0.717, 1.165) is 4.90 Å². The number of urea groups is 1. The van der Waals surface area contributed by atoms with Gasteiger partial charge in [-0.15, -0.1) is 0 Å². The van der Waals surface area contributed by atoms with E-state index in [1.807, 2.05) is 25.1 Å². The molecule has 0 radical (unpaired) electrons. The van der Waals surface area contributed by atoms with Gasteiger partial charge in [0.2, 0.25) is 5.91 Å². The van der Waals surface area contributed by atoms with E-state index in [9.17, 15) is 14.4 Å². The van der Waals surface area contributed by atoms with E-state index in [-0.39, 0.29) is 5.02 Å². The summed E-state index contributed by atoms with van der Waals surface area (Å²) < 4.78 is 11.0. The molecule has 4 amide bonds. The predicted octanol–water partition coefficient (Wildman–Crippen LogP) is 3.30. The summed E-state index contributed by atoms with van der Waals surface area (Å²) in [6.07, 6.45) is 1.10. The van der Waals surface area contributed by atoms with E-state index in [1.54, 1.807) is 24.3 Å². The highest BCUT2D eigenvalue weighted by molar-refractivity contribution is 6.34. The second kappa shape index (κ2) is 8.47. The summed E-state index contributed by atoms with van der Waals surface area (Å²) in [5, 5.41) is 5.71. The second-order valence-electron chi connectivity index (χ2n) is 7.37. The van der Waals surface area contributed by atoms with Gasteiger partial charge < -0.3 is 20.1 Å². The molecular weight excluding hydrogens is 422 g/mol. The Morgan fingerprint density at radius 1 is 1.16 bits per heavy atom. The summed E-state index contributed by atoms with van der Waals surface area (Å²) in [5.74, 6) is -0.0426. The Labute approximate surface area is 184 Å². The van der Waals surface area contributed by atoms with Crippen LogP contribution in [-0.2, 0) is 15.1 Å². The van der Waals surface area contributed by atoms with Gasteiger partial charge in [0.05, 0.1) is 10.7 Å². The van der Waals surface area contributed by atoms with Crippen LogP contribution in [0.5, 0.6) is 11.5 Å². The van der Waals surface area contributed by atoms with Gasteiger partial charge in [-0.2, -0.15) is 0 Å². The highest BCUT2D eigenvalue weighted by atomic mass is 35.5. The number of amides is 4. The van der Waals surface area contributed by atoms with Gasteiger partial charge in [-0.25, -0.2) is 4.79 Å². The minimum absolute atomic E-state index is 0.263. The molecule has 2 aliphatic rings. The lowest BCUT2D eigenvalue weighted by atomic mass is 9.85. The van der Waals surface area contributed by atoms with Crippen LogP contribution in [0.15, 0.2) is 42.5 Å². The number of carbonyl (C=O) groups is 3. The minimum atomic E-state index is -1.18. The third-order valence-electron chi connectivity index (χ3n) is 5.27. The van der Waals surface area contributed by atoms with Gasteiger partial charge in [-0.1, -0.05) is 55.3 Å². The summed E-state index contributed by atoms with van der Waals surface area (Å²) in [6.45, 7) is 2.31. The third-order valence-corrected chi connectivity index (χ3v) is 5.59. The van der Waals surface area contributed by atoms with Crippen molar-refractivity contribution in [3.63, 3.8) is 0 Å². The van der Waals surface area contributed by atoms with Crippen molar-refractivity contribution in [1.82, 2.24) is 10.2 Å². The lowest BCUT2D eigenvalue weighted by Gasteiger charge is -2.26. The molecule has 8 nitrogen and oxygen atoms in total. The molecule has 0 bridgehead atoms. The highest BCUT2D eigenvalue weighted by Gasteiger charge is 2.52. The molecule has 2 aromatic carbocycles. The summed E-state index contributed by atoms with van der Waals surface area (Å²) in [7, 11) is 0. The van der Waals surface area contributed by atoms with Crippen molar-refractivity contribution in [2.75, 3.05) is 25.1 Å². The first-order chi connectivity index (χ1) is 14.9. The molecule has 1 unspecified atom stereocenters. The maximum atomic E-state index is 13.3. The molecule has 2 N–H and O–H groups in total. The lowest BCUT2D eigenvalue weighted by Crippen LogP contribution is -2.44. The molecule has 2 heterocycles. The Kier molecular flexibility index (Phi) is 5.73. The Morgan fingerprint density at radius 3 is 2.52 bits per heavy atom. The van der Waals surface area contributed by atoms with Gasteiger partial charge in [0.25, 0.3) is 5.91 Å². The molecule has 0 spiro atoms.